The number of benzene rings is 2. The fourth-order valence-electron chi connectivity index (χ4n) is 3.45. The van der Waals surface area contributed by atoms with Crippen LogP contribution in [0.5, 0.6) is 11.5 Å². The highest BCUT2D eigenvalue weighted by molar-refractivity contribution is 6.30. The molecule has 6 heteroatoms. The van der Waals surface area contributed by atoms with Crippen molar-refractivity contribution in [3.63, 3.8) is 0 Å². The summed E-state index contributed by atoms with van der Waals surface area (Å²) < 4.78 is 11.0. The first kappa shape index (κ1) is 20.5. The Labute approximate surface area is 171 Å². The van der Waals surface area contributed by atoms with Gasteiger partial charge in [0, 0.05) is 11.6 Å². The van der Waals surface area contributed by atoms with Gasteiger partial charge in [-0.3, -0.25) is 9.69 Å². The van der Waals surface area contributed by atoms with E-state index in [9.17, 15) is 4.79 Å². The third-order valence-corrected chi connectivity index (χ3v) is 5.30. The Kier molecular flexibility index (Phi) is 7.18. The van der Waals surface area contributed by atoms with Crippen LogP contribution in [0.15, 0.2) is 48.5 Å². The van der Waals surface area contributed by atoms with Gasteiger partial charge in [0.25, 0.3) is 5.91 Å². The number of rotatable bonds is 8. The van der Waals surface area contributed by atoms with Crippen molar-refractivity contribution < 1.29 is 14.3 Å². The second-order valence-corrected chi connectivity index (χ2v) is 7.43. The molecule has 0 aromatic heterocycles. The lowest BCUT2D eigenvalue weighted by molar-refractivity contribution is -0.127. The van der Waals surface area contributed by atoms with Crippen LogP contribution in [0.4, 0.5) is 0 Å². The molecule has 1 heterocycles. The van der Waals surface area contributed by atoms with E-state index in [0.29, 0.717) is 17.3 Å². The summed E-state index contributed by atoms with van der Waals surface area (Å²) in [6.07, 6.45) is 1.80. The fourth-order valence-corrected chi connectivity index (χ4v) is 3.57. The standard InChI is InChI=1S/C22H27ClN2O3/c1-16(28-20-11-7-18(23)8-12-20)22(26)24-15-21(25-13-3-4-14-25)17-5-9-19(27-2)10-6-17/h5-12,16,21H,3-4,13-15H2,1-2H3,(H,24,26). The first-order chi connectivity index (χ1) is 13.6. The van der Waals surface area contributed by atoms with Gasteiger partial charge in [-0.2, -0.15) is 0 Å². The molecule has 0 radical (unpaired) electrons. The van der Waals surface area contributed by atoms with E-state index < -0.39 is 6.10 Å². The quantitative estimate of drug-likeness (QED) is 0.723. The Morgan fingerprint density at radius 2 is 1.68 bits per heavy atom. The van der Waals surface area contributed by atoms with Gasteiger partial charge in [0.2, 0.25) is 0 Å². The summed E-state index contributed by atoms with van der Waals surface area (Å²) in [7, 11) is 1.66. The van der Waals surface area contributed by atoms with Crippen molar-refractivity contribution in [2.45, 2.75) is 31.9 Å². The van der Waals surface area contributed by atoms with Crippen molar-refractivity contribution in [3.05, 3.63) is 59.1 Å². The van der Waals surface area contributed by atoms with Crippen LogP contribution < -0.4 is 14.8 Å². The largest absolute Gasteiger partial charge is 0.497 e. The molecule has 150 valence electrons. The van der Waals surface area contributed by atoms with Crippen molar-refractivity contribution in [2.24, 2.45) is 0 Å². The lowest BCUT2D eigenvalue weighted by Gasteiger charge is -2.29. The van der Waals surface area contributed by atoms with Crippen molar-refractivity contribution in [1.29, 1.82) is 0 Å². The molecule has 2 aromatic rings. The van der Waals surface area contributed by atoms with Gasteiger partial charge in [-0.25, -0.2) is 0 Å². The number of methoxy groups -OCH3 is 1. The second kappa shape index (κ2) is 9.80. The molecule has 0 saturated carbocycles. The third kappa shape index (κ3) is 5.40. The van der Waals surface area contributed by atoms with Gasteiger partial charge < -0.3 is 14.8 Å². The highest BCUT2D eigenvalue weighted by Crippen LogP contribution is 2.26. The summed E-state index contributed by atoms with van der Waals surface area (Å²) in [4.78, 5) is 15.0. The zero-order chi connectivity index (χ0) is 19.9. The molecular weight excluding hydrogens is 376 g/mol. The number of ether oxygens (including phenoxy) is 2. The molecule has 0 spiro atoms. The van der Waals surface area contributed by atoms with Crippen LogP contribution in [0, 0.1) is 0 Å². The number of carbonyl (C=O) groups is 1. The van der Waals surface area contributed by atoms with Gasteiger partial charge in [0.1, 0.15) is 11.5 Å². The number of likely N-dealkylation sites (tertiary alicyclic amines) is 1. The molecule has 1 aliphatic heterocycles. The Morgan fingerprint density at radius 1 is 1.07 bits per heavy atom. The average Bonchev–Trinajstić information content (AvgIpc) is 3.24. The number of hydrogen-bond donors (Lipinski definition) is 1. The molecule has 2 aromatic carbocycles. The predicted molar refractivity (Wildman–Crippen MR) is 111 cm³/mol. The fraction of sp³-hybridized carbons (Fsp3) is 0.409. The van der Waals surface area contributed by atoms with E-state index in [1.165, 1.54) is 18.4 Å². The monoisotopic (exact) mass is 402 g/mol. The van der Waals surface area contributed by atoms with Crippen molar-refractivity contribution in [3.8, 4) is 11.5 Å². The maximum Gasteiger partial charge on any atom is 0.260 e. The summed E-state index contributed by atoms with van der Waals surface area (Å²) in [5, 5.41) is 3.69. The van der Waals surface area contributed by atoms with Crippen LogP contribution in [-0.2, 0) is 4.79 Å². The van der Waals surface area contributed by atoms with E-state index in [1.54, 1.807) is 38.3 Å². The van der Waals surface area contributed by atoms with E-state index in [4.69, 9.17) is 21.1 Å². The number of halogens is 1. The third-order valence-electron chi connectivity index (χ3n) is 5.05. The molecule has 2 atom stereocenters. The van der Waals surface area contributed by atoms with Crippen LogP contribution in [0.3, 0.4) is 0 Å². The van der Waals surface area contributed by atoms with E-state index in [-0.39, 0.29) is 11.9 Å². The first-order valence-corrected chi connectivity index (χ1v) is 10.0. The molecule has 1 amide bonds. The highest BCUT2D eigenvalue weighted by Gasteiger charge is 2.25. The summed E-state index contributed by atoms with van der Waals surface area (Å²) in [5.74, 6) is 1.32. The van der Waals surface area contributed by atoms with Crippen LogP contribution in [0.1, 0.15) is 31.4 Å². The molecule has 0 bridgehead atoms. The van der Waals surface area contributed by atoms with Crippen molar-refractivity contribution in [1.82, 2.24) is 10.2 Å². The van der Waals surface area contributed by atoms with Crippen LogP contribution in [0.25, 0.3) is 0 Å². The Hall–Kier alpha value is -2.24. The molecule has 5 nitrogen and oxygen atoms in total. The summed E-state index contributed by atoms with van der Waals surface area (Å²) in [6.45, 7) is 4.38. The highest BCUT2D eigenvalue weighted by atomic mass is 35.5. The number of hydrogen-bond acceptors (Lipinski definition) is 4. The number of carbonyl (C=O) groups excluding carboxylic acids is 1. The van der Waals surface area contributed by atoms with E-state index in [0.717, 1.165) is 18.8 Å². The number of amides is 1. The molecular formula is C22H27ClN2O3. The SMILES string of the molecule is COc1ccc(C(CNC(=O)C(C)Oc2ccc(Cl)cc2)N2CCCC2)cc1. The first-order valence-electron chi connectivity index (χ1n) is 9.65. The minimum atomic E-state index is -0.587. The van der Waals surface area contributed by atoms with Gasteiger partial charge in [-0.05, 0) is 74.8 Å². The minimum absolute atomic E-state index is 0.132. The molecule has 28 heavy (non-hydrogen) atoms. The zero-order valence-electron chi connectivity index (χ0n) is 16.4. The second-order valence-electron chi connectivity index (χ2n) is 6.99. The maximum absolute atomic E-state index is 12.6. The summed E-state index contributed by atoms with van der Waals surface area (Å²) in [5.41, 5.74) is 1.18. The smallest absolute Gasteiger partial charge is 0.260 e. The molecule has 1 saturated heterocycles. The van der Waals surface area contributed by atoms with Gasteiger partial charge >= 0.3 is 0 Å². The number of nitrogens with zero attached hydrogens (tertiary/aromatic N) is 1. The molecule has 3 rings (SSSR count). The predicted octanol–water partition coefficient (Wildman–Crippen LogP) is 4.07. The van der Waals surface area contributed by atoms with Crippen molar-refractivity contribution in [2.75, 3.05) is 26.7 Å². The van der Waals surface area contributed by atoms with Crippen molar-refractivity contribution >= 4 is 17.5 Å². The topological polar surface area (TPSA) is 50.8 Å². The van der Waals surface area contributed by atoms with E-state index in [2.05, 4.69) is 22.3 Å². The molecule has 0 aliphatic carbocycles. The summed E-state index contributed by atoms with van der Waals surface area (Å²) >= 11 is 5.89. The number of nitrogens with one attached hydrogen (secondary N) is 1. The Balaban J connectivity index is 1.61. The van der Waals surface area contributed by atoms with Gasteiger partial charge in [0.05, 0.1) is 13.2 Å². The minimum Gasteiger partial charge on any atom is -0.497 e. The van der Waals surface area contributed by atoms with Gasteiger partial charge in [-0.1, -0.05) is 23.7 Å². The molecule has 1 aliphatic rings. The molecule has 2 unspecified atom stereocenters. The Bertz CT molecular complexity index is 758. The lowest BCUT2D eigenvalue weighted by Crippen LogP contribution is -2.42. The van der Waals surface area contributed by atoms with E-state index >= 15 is 0 Å². The maximum atomic E-state index is 12.6. The molecule has 1 fully saturated rings. The summed E-state index contributed by atoms with van der Waals surface area (Å²) in [6, 6.07) is 15.2. The van der Waals surface area contributed by atoms with Crippen LogP contribution in [-0.4, -0.2) is 43.7 Å². The lowest BCUT2D eigenvalue weighted by atomic mass is 10.1. The van der Waals surface area contributed by atoms with Crippen LogP contribution in [0.2, 0.25) is 5.02 Å². The van der Waals surface area contributed by atoms with E-state index in [1.807, 2.05) is 12.1 Å². The van der Waals surface area contributed by atoms with Gasteiger partial charge in [0.15, 0.2) is 6.10 Å². The van der Waals surface area contributed by atoms with Crippen LogP contribution >= 0.6 is 11.6 Å². The zero-order valence-corrected chi connectivity index (χ0v) is 17.1. The normalized spacial score (nSPS) is 16.4. The average molecular weight is 403 g/mol. The molecule has 1 N–H and O–H groups in total. The van der Waals surface area contributed by atoms with Gasteiger partial charge in [-0.15, -0.1) is 0 Å². The Morgan fingerprint density at radius 3 is 2.29 bits per heavy atom.